The molecule has 7 nitrogen and oxygen atoms in total. The first kappa shape index (κ1) is 17.1. The Morgan fingerprint density at radius 2 is 1.88 bits per heavy atom. The van der Waals surface area contributed by atoms with Crippen LogP contribution in [0.25, 0.3) is 10.3 Å². The number of piperazine rings is 1. The molecule has 0 atom stereocenters. The number of halogens is 1. The fourth-order valence-electron chi connectivity index (χ4n) is 2.71. The van der Waals surface area contributed by atoms with Crippen LogP contribution in [-0.4, -0.2) is 59.0 Å². The minimum Gasteiger partial charge on any atom is -0.338 e. The van der Waals surface area contributed by atoms with E-state index in [1.807, 2.05) is 0 Å². The molecule has 1 aromatic carbocycles. The third-order valence-corrected chi connectivity index (χ3v) is 5.38. The van der Waals surface area contributed by atoms with Gasteiger partial charge in [-0.1, -0.05) is 22.9 Å². The predicted molar refractivity (Wildman–Crippen MR) is 104 cm³/mol. The van der Waals surface area contributed by atoms with Crippen molar-refractivity contribution < 1.29 is 4.79 Å². The number of nitrogens with one attached hydrogen (secondary N) is 1. The minimum atomic E-state index is -0.229. The Hall–Kier alpha value is -2.29. The van der Waals surface area contributed by atoms with Crippen molar-refractivity contribution in [3.8, 4) is 0 Å². The lowest BCUT2D eigenvalue weighted by Gasteiger charge is -2.32. The fourth-order valence-corrected chi connectivity index (χ4v) is 3.64. The number of anilines is 2. The Morgan fingerprint density at radius 1 is 1.15 bits per heavy atom. The highest BCUT2D eigenvalue weighted by Gasteiger charge is 2.18. The zero-order valence-electron chi connectivity index (χ0n) is 14.1. The number of hydrogen-bond donors (Lipinski definition) is 1. The molecule has 1 aliphatic rings. The maximum absolute atomic E-state index is 12.3. The van der Waals surface area contributed by atoms with Crippen molar-refractivity contribution in [3.05, 3.63) is 41.0 Å². The van der Waals surface area contributed by atoms with Crippen LogP contribution in [0.2, 0.25) is 5.02 Å². The van der Waals surface area contributed by atoms with E-state index in [0.717, 1.165) is 31.0 Å². The van der Waals surface area contributed by atoms with Crippen LogP contribution >= 0.6 is 22.9 Å². The fraction of sp³-hybridized carbons (Fsp3) is 0.294. The van der Waals surface area contributed by atoms with E-state index < -0.39 is 0 Å². The molecule has 0 radical (unpaired) electrons. The highest BCUT2D eigenvalue weighted by Crippen LogP contribution is 2.26. The van der Waals surface area contributed by atoms with Crippen molar-refractivity contribution in [2.45, 2.75) is 0 Å². The molecule has 4 rings (SSSR count). The van der Waals surface area contributed by atoms with Crippen molar-refractivity contribution in [2.24, 2.45) is 0 Å². The number of fused-ring (bicyclic) bond motifs is 1. The van der Waals surface area contributed by atoms with Crippen LogP contribution in [0.5, 0.6) is 0 Å². The summed E-state index contributed by atoms with van der Waals surface area (Å²) in [7, 11) is 2.11. The molecule has 9 heteroatoms. The number of likely N-dealkylation sites (N-methyl/N-ethyl adjacent to an activating group) is 1. The van der Waals surface area contributed by atoms with Gasteiger partial charge in [0.05, 0.1) is 6.20 Å². The number of benzene rings is 1. The molecule has 0 saturated carbocycles. The normalized spacial score (nSPS) is 15.4. The average Bonchev–Trinajstić information content (AvgIpc) is 3.04. The number of carbonyl (C=O) groups excluding carboxylic acids is 1. The Kier molecular flexibility index (Phi) is 4.71. The summed E-state index contributed by atoms with van der Waals surface area (Å²) in [6.07, 6.45) is 1.71. The van der Waals surface area contributed by atoms with Gasteiger partial charge >= 0.3 is 0 Å². The number of aromatic nitrogens is 3. The minimum absolute atomic E-state index is 0.229. The van der Waals surface area contributed by atoms with Gasteiger partial charge in [-0.25, -0.2) is 9.97 Å². The van der Waals surface area contributed by atoms with Gasteiger partial charge in [0.15, 0.2) is 9.96 Å². The van der Waals surface area contributed by atoms with Gasteiger partial charge in [-0.15, -0.1) is 0 Å². The summed E-state index contributed by atoms with van der Waals surface area (Å²) in [5.74, 6) is 0.484. The third kappa shape index (κ3) is 3.62. The molecular formula is C17H17ClN6OS. The zero-order chi connectivity index (χ0) is 18.1. The number of rotatable bonds is 3. The van der Waals surface area contributed by atoms with Crippen molar-refractivity contribution in [3.63, 3.8) is 0 Å². The summed E-state index contributed by atoms with van der Waals surface area (Å²) in [4.78, 5) is 31.0. The van der Waals surface area contributed by atoms with Crippen LogP contribution in [0.4, 0.5) is 11.1 Å². The molecule has 1 fully saturated rings. The van der Waals surface area contributed by atoms with Gasteiger partial charge in [-0.2, -0.15) is 4.98 Å². The van der Waals surface area contributed by atoms with Crippen LogP contribution < -0.4 is 10.2 Å². The van der Waals surface area contributed by atoms with Gasteiger partial charge in [-0.05, 0) is 31.3 Å². The van der Waals surface area contributed by atoms with Crippen molar-refractivity contribution in [2.75, 3.05) is 43.4 Å². The molecule has 0 spiro atoms. The highest BCUT2D eigenvalue weighted by molar-refractivity contribution is 7.22. The second-order valence-electron chi connectivity index (χ2n) is 6.13. The number of hydrogen-bond acceptors (Lipinski definition) is 7. The Morgan fingerprint density at radius 3 is 2.62 bits per heavy atom. The number of thiazole rings is 1. The quantitative estimate of drug-likeness (QED) is 0.743. The highest BCUT2D eigenvalue weighted by atomic mass is 35.5. The molecule has 0 unspecified atom stereocenters. The predicted octanol–water partition coefficient (Wildman–Crippen LogP) is 2.74. The van der Waals surface area contributed by atoms with Crippen molar-refractivity contribution in [1.29, 1.82) is 0 Å². The zero-order valence-corrected chi connectivity index (χ0v) is 15.7. The number of nitrogens with zero attached hydrogens (tertiary/aromatic N) is 5. The molecule has 134 valence electrons. The smallest absolute Gasteiger partial charge is 0.257 e. The Balaban J connectivity index is 1.52. The first-order valence-electron chi connectivity index (χ1n) is 8.22. The SMILES string of the molecule is CN1CCN(c2ncc3nc(NC(=O)c4ccc(Cl)cc4)sc3n2)CC1. The van der Waals surface area contributed by atoms with Gasteiger partial charge in [0.2, 0.25) is 5.95 Å². The van der Waals surface area contributed by atoms with E-state index in [-0.39, 0.29) is 5.91 Å². The molecule has 26 heavy (non-hydrogen) atoms. The molecule has 1 amide bonds. The van der Waals surface area contributed by atoms with Crippen molar-refractivity contribution in [1.82, 2.24) is 19.9 Å². The van der Waals surface area contributed by atoms with Crippen LogP contribution in [0, 0.1) is 0 Å². The second kappa shape index (κ2) is 7.14. The molecule has 1 saturated heterocycles. The maximum atomic E-state index is 12.3. The lowest BCUT2D eigenvalue weighted by molar-refractivity contribution is 0.102. The van der Waals surface area contributed by atoms with Gasteiger partial charge in [0, 0.05) is 36.8 Å². The molecular weight excluding hydrogens is 372 g/mol. The summed E-state index contributed by atoms with van der Waals surface area (Å²) in [5, 5.41) is 3.90. The Bertz CT molecular complexity index is 936. The second-order valence-corrected chi connectivity index (χ2v) is 7.54. The summed E-state index contributed by atoms with van der Waals surface area (Å²) in [6.45, 7) is 3.79. The summed E-state index contributed by atoms with van der Waals surface area (Å²) in [5.41, 5.74) is 1.21. The van der Waals surface area contributed by atoms with E-state index in [1.165, 1.54) is 11.3 Å². The van der Waals surface area contributed by atoms with E-state index in [2.05, 4.69) is 37.1 Å². The maximum Gasteiger partial charge on any atom is 0.257 e. The molecule has 0 bridgehead atoms. The average molecular weight is 389 g/mol. The standard InChI is InChI=1S/C17H17ClN6OS/c1-23-6-8-24(9-7-23)16-19-10-13-15(22-16)26-17(20-13)21-14(25)11-2-4-12(18)5-3-11/h2-5,10H,6-9H2,1H3,(H,20,21,25). The Labute approximate surface area is 159 Å². The lowest BCUT2D eigenvalue weighted by Crippen LogP contribution is -2.45. The van der Waals surface area contributed by atoms with Gasteiger partial charge < -0.3 is 9.80 Å². The van der Waals surface area contributed by atoms with Crippen LogP contribution in [0.3, 0.4) is 0 Å². The largest absolute Gasteiger partial charge is 0.338 e. The molecule has 3 heterocycles. The third-order valence-electron chi connectivity index (χ3n) is 4.25. The summed E-state index contributed by atoms with van der Waals surface area (Å²) >= 11 is 7.20. The summed E-state index contributed by atoms with van der Waals surface area (Å²) in [6, 6.07) is 6.72. The molecule has 1 N–H and O–H groups in total. The van der Waals surface area contributed by atoms with Gasteiger partial charge in [0.1, 0.15) is 5.52 Å². The van der Waals surface area contributed by atoms with Gasteiger partial charge in [0.25, 0.3) is 5.91 Å². The first-order chi connectivity index (χ1) is 12.6. The van der Waals surface area contributed by atoms with E-state index in [9.17, 15) is 4.79 Å². The van der Waals surface area contributed by atoms with Crippen LogP contribution in [-0.2, 0) is 0 Å². The van der Waals surface area contributed by atoms with E-state index in [4.69, 9.17) is 11.6 Å². The van der Waals surface area contributed by atoms with E-state index in [0.29, 0.717) is 27.2 Å². The van der Waals surface area contributed by atoms with E-state index >= 15 is 0 Å². The van der Waals surface area contributed by atoms with Crippen LogP contribution in [0.1, 0.15) is 10.4 Å². The van der Waals surface area contributed by atoms with Gasteiger partial charge in [-0.3, -0.25) is 10.1 Å². The first-order valence-corrected chi connectivity index (χ1v) is 9.42. The lowest BCUT2D eigenvalue weighted by atomic mass is 10.2. The monoisotopic (exact) mass is 388 g/mol. The van der Waals surface area contributed by atoms with Crippen LogP contribution in [0.15, 0.2) is 30.5 Å². The number of carbonyl (C=O) groups is 1. The summed E-state index contributed by atoms with van der Waals surface area (Å²) < 4.78 is 0. The number of amides is 1. The molecule has 1 aliphatic heterocycles. The van der Waals surface area contributed by atoms with E-state index in [1.54, 1.807) is 30.5 Å². The molecule has 0 aliphatic carbocycles. The molecule has 3 aromatic rings. The topological polar surface area (TPSA) is 74.2 Å². The van der Waals surface area contributed by atoms with Crippen molar-refractivity contribution >= 4 is 50.3 Å². The molecule has 2 aromatic heterocycles.